The minimum absolute atomic E-state index is 0.381. The first-order chi connectivity index (χ1) is 15.5. The second-order valence-corrected chi connectivity index (χ2v) is 7.42. The van der Waals surface area contributed by atoms with Gasteiger partial charge in [-0.3, -0.25) is 0 Å². The molecule has 0 saturated carbocycles. The molecule has 1 aromatic rings. The number of fused-ring (bicyclic) bond motifs is 1. The van der Waals surface area contributed by atoms with Crippen LogP contribution in [-0.4, -0.2) is 11.2 Å². The number of benzene rings is 1. The minimum Gasteiger partial charge on any atom is -0.389 e. The van der Waals surface area contributed by atoms with Gasteiger partial charge in [-0.2, -0.15) is 0 Å². The van der Waals surface area contributed by atoms with E-state index in [9.17, 15) is 5.11 Å². The van der Waals surface area contributed by atoms with E-state index in [1.54, 1.807) is 6.92 Å². The number of unbranched alkanes of at least 4 members (excludes halogenated alkanes) is 1. The molecule has 2 aliphatic carbocycles. The van der Waals surface area contributed by atoms with E-state index in [0.717, 1.165) is 6.42 Å². The Labute approximate surface area is 200 Å². The van der Waals surface area contributed by atoms with Gasteiger partial charge in [-0.1, -0.05) is 140 Å². The smallest absolute Gasteiger partial charge is 0.0698 e. The molecule has 0 saturated heterocycles. The highest BCUT2D eigenvalue weighted by Gasteiger charge is 2.31. The number of hydrogen-bond acceptors (Lipinski definition) is 1. The van der Waals surface area contributed by atoms with E-state index < -0.39 is 0 Å². The van der Waals surface area contributed by atoms with Gasteiger partial charge in [0.1, 0.15) is 0 Å². The third kappa shape index (κ3) is 12.7. The largest absolute Gasteiger partial charge is 0.389 e. The van der Waals surface area contributed by atoms with Crippen LogP contribution >= 0.6 is 0 Å². The summed E-state index contributed by atoms with van der Waals surface area (Å²) in [6.45, 7) is 22.2. The SMILES string of the molecule is C=C/C=C1/C=CC2C=C/C(=C/C(C)O)C12.CC.CC.CCCC.CCc1ccc(C)cc1. The Balaban J connectivity index is 0. The number of rotatable bonds is 4. The van der Waals surface area contributed by atoms with Crippen molar-refractivity contribution < 1.29 is 5.11 Å². The average Bonchev–Trinajstić information content (AvgIpc) is 3.41. The monoisotopic (exact) mass is 438 g/mol. The molecule has 180 valence electrons. The molecular weight excluding hydrogens is 388 g/mol. The van der Waals surface area contributed by atoms with Gasteiger partial charge in [0.25, 0.3) is 0 Å². The van der Waals surface area contributed by atoms with Crippen molar-refractivity contribution in [2.24, 2.45) is 11.8 Å². The number of aryl methyl sites for hydroxylation is 2. The van der Waals surface area contributed by atoms with Crippen molar-refractivity contribution in [3.05, 3.63) is 95.6 Å². The standard InChI is InChI=1S/C14H16O.C9H12.C4H10.2C2H6/c1-3-4-11-5-6-12-7-8-13(14(11)12)9-10(2)15;1-3-9-6-4-8(2)5-7-9;1-3-4-2;2*1-2/h3-10,12,14-15H,1H2,2H3;4-7H,3H2,1-2H3;3-4H2,1-2H3;2*1-2H3/b11-4-,13-9-;;;;. The highest BCUT2D eigenvalue weighted by Crippen LogP contribution is 2.42. The zero-order chi connectivity index (χ0) is 24.9. The zero-order valence-corrected chi connectivity index (χ0v) is 22.4. The van der Waals surface area contributed by atoms with Crippen LogP contribution in [0.5, 0.6) is 0 Å². The molecule has 0 aliphatic heterocycles. The lowest BCUT2D eigenvalue weighted by Gasteiger charge is -2.14. The fourth-order valence-electron chi connectivity index (χ4n) is 3.13. The zero-order valence-electron chi connectivity index (χ0n) is 22.4. The van der Waals surface area contributed by atoms with Gasteiger partial charge in [0.05, 0.1) is 6.10 Å². The van der Waals surface area contributed by atoms with Crippen molar-refractivity contribution in [2.45, 2.75) is 87.7 Å². The molecule has 0 amide bonds. The summed E-state index contributed by atoms with van der Waals surface area (Å²) in [6.07, 6.45) is 17.8. The van der Waals surface area contributed by atoms with Crippen molar-refractivity contribution in [3.8, 4) is 0 Å². The Kier molecular flexibility index (Phi) is 20.8. The molecule has 0 radical (unpaired) electrons. The molecule has 0 aromatic heterocycles. The number of aliphatic hydroxyl groups is 1. The molecule has 0 bridgehead atoms. The van der Waals surface area contributed by atoms with Crippen molar-refractivity contribution in [2.75, 3.05) is 0 Å². The molecule has 1 aromatic carbocycles. The van der Waals surface area contributed by atoms with E-state index in [1.165, 1.54) is 35.1 Å². The van der Waals surface area contributed by atoms with Crippen LogP contribution < -0.4 is 0 Å². The van der Waals surface area contributed by atoms with Crippen LogP contribution in [0.2, 0.25) is 0 Å². The summed E-state index contributed by atoms with van der Waals surface area (Å²) >= 11 is 0. The summed E-state index contributed by atoms with van der Waals surface area (Å²) in [7, 11) is 0. The Morgan fingerprint density at radius 2 is 1.41 bits per heavy atom. The van der Waals surface area contributed by atoms with E-state index >= 15 is 0 Å². The van der Waals surface area contributed by atoms with Gasteiger partial charge in [-0.15, -0.1) is 0 Å². The van der Waals surface area contributed by atoms with E-state index in [0.29, 0.717) is 11.8 Å². The summed E-state index contributed by atoms with van der Waals surface area (Å²) in [6, 6.07) is 8.66. The van der Waals surface area contributed by atoms with Crippen LogP contribution in [-0.2, 0) is 6.42 Å². The van der Waals surface area contributed by atoms with E-state index in [1.807, 2.05) is 45.9 Å². The summed E-state index contributed by atoms with van der Waals surface area (Å²) in [5, 5.41) is 9.38. The van der Waals surface area contributed by atoms with Gasteiger partial charge in [0, 0.05) is 11.8 Å². The third-order valence-electron chi connectivity index (χ3n) is 4.90. The minimum atomic E-state index is -0.381. The molecule has 3 unspecified atom stereocenters. The summed E-state index contributed by atoms with van der Waals surface area (Å²) in [5.41, 5.74) is 5.26. The Bertz CT molecular complexity index is 696. The number of allylic oxidation sites excluding steroid dienone is 8. The Morgan fingerprint density at radius 1 is 0.906 bits per heavy atom. The molecule has 32 heavy (non-hydrogen) atoms. The second kappa shape index (κ2) is 20.8. The Morgan fingerprint density at radius 3 is 1.81 bits per heavy atom. The van der Waals surface area contributed by atoms with Gasteiger partial charge >= 0.3 is 0 Å². The molecule has 3 rings (SSSR count). The molecule has 2 aliphatic rings. The van der Waals surface area contributed by atoms with E-state index in [4.69, 9.17) is 0 Å². The highest BCUT2D eigenvalue weighted by atomic mass is 16.3. The average molecular weight is 439 g/mol. The van der Waals surface area contributed by atoms with Gasteiger partial charge in [-0.05, 0) is 37.0 Å². The lowest BCUT2D eigenvalue weighted by atomic mass is 9.90. The normalized spacial score (nSPS) is 20.4. The van der Waals surface area contributed by atoms with Crippen molar-refractivity contribution in [1.29, 1.82) is 0 Å². The van der Waals surface area contributed by atoms with Crippen molar-refractivity contribution >= 4 is 0 Å². The number of aliphatic hydroxyl groups excluding tert-OH is 1. The molecule has 0 fully saturated rings. The van der Waals surface area contributed by atoms with Crippen LogP contribution in [0.4, 0.5) is 0 Å². The predicted molar refractivity (Wildman–Crippen MR) is 147 cm³/mol. The van der Waals surface area contributed by atoms with Gasteiger partial charge in [-0.25, -0.2) is 0 Å². The summed E-state index contributed by atoms with van der Waals surface area (Å²) in [4.78, 5) is 0. The quantitative estimate of drug-likeness (QED) is 0.496. The van der Waals surface area contributed by atoms with E-state index in [-0.39, 0.29) is 6.10 Å². The number of hydrogen-bond donors (Lipinski definition) is 1. The second-order valence-electron chi connectivity index (χ2n) is 7.42. The first-order valence-corrected chi connectivity index (χ1v) is 12.6. The van der Waals surface area contributed by atoms with Crippen molar-refractivity contribution in [1.82, 2.24) is 0 Å². The van der Waals surface area contributed by atoms with Crippen molar-refractivity contribution in [3.63, 3.8) is 0 Å². The van der Waals surface area contributed by atoms with Crippen LogP contribution in [0.15, 0.2) is 84.5 Å². The molecule has 1 N–H and O–H groups in total. The topological polar surface area (TPSA) is 20.2 Å². The van der Waals surface area contributed by atoms with Gasteiger partial charge in [0.15, 0.2) is 0 Å². The molecule has 0 spiro atoms. The van der Waals surface area contributed by atoms with Crippen LogP contribution in [0.3, 0.4) is 0 Å². The maximum Gasteiger partial charge on any atom is 0.0698 e. The molecule has 1 nitrogen and oxygen atoms in total. The maximum absolute atomic E-state index is 9.38. The maximum atomic E-state index is 9.38. The van der Waals surface area contributed by atoms with Crippen LogP contribution in [0.1, 0.15) is 79.4 Å². The first kappa shape index (κ1) is 32.1. The summed E-state index contributed by atoms with van der Waals surface area (Å²) in [5.74, 6) is 0.874. The Hall–Kier alpha value is -2.12. The molecule has 0 heterocycles. The first-order valence-electron chi connectivity index (χ1n) is 12.6. The van der Waals surface area contributed by atoms with Crippen LogP contribution in [0.25, 0.3) is 0 Å². The van der Waals surface area contributed by atoms with Gasteiger partial charge < -0.3 is 5.11 Å². The lowest BCUT2D eigenvalue weighted by Crippen LogP contribution is -2.07. The lowest BCUT2D eigenvalue weighted by molar-refractivity contribution is 0.243. The third-order valence-corrected chi connectivity index (χ3v) is 4.90. The van der Waals surface area contributed by atoms with E-state index in [2.05, 4.69) is 82.8 Å². The fourth-order valence-corrected chi connectivity index (χ4v) is 3.13. The summed E-state index contributed by atoms with van der Waals surface area (Å²) < 4.78 is 0. The molecule has 1 heteroatoms. The fraction of sp³-hybridized carbons (Fsp3) is 0.484. The predicted octanol–water partition coefficient (Wildman–Crippen LogP) is 9.19. The van der Waals surface area contributed by atoms with Gasteiger partial charge in [0.2, 0.25) is 0 Å². The molecular formula is C31H50O. The molecule has 3 atom stereocenters. The highest BCUT2D eigenvalue weighted by molar-refractivity contribution is 5.49. The van der Waals surface area contributed by atoms with Crippen LogP contribution in [0, 0.1) is 18.8 Å².